The number of aromatic nitrogens is 1. The summed E-state index contributed by atoms with van der Waals surface area (Å²) in [5, 5.41) is 0. The van der Waals surface area contributed by atoms with Gasteiger partial charge in [0.1, 0.15) is 28.4 Å². The van der Waals surface area contributed by atoms with Crippen molar-refractivity contribution in [3.8, 4) is 5.75 Å². The molecule has 0 atom stereocenters. The van der Waals surface area contributed by atoms with Gasteiger partial charge >= 0.3 is 0 Å². The van der Waals surface area contributed by atoms with Crippen LogP contribution in [0.4, 0.5) is 8.78 Å². The van der Waals surface area contributed by atoms with Crippen molar-refractivity contribution in [2.75, 3.05) is 13.1 Å². The Bertz CT molecular complexity index is 807. The third-order valence-electron chi connectivity index (χ3n) is 3.85. The van der Waals surface area contributed by atoms with E-state index in [-0.39, 0.29) is 19.2 Å². The minimum absolute atomic E-state index is 0.126. The molecule has 0 saturated carbocycles. The second kappa shape index (κ2) is 6.82. The molecule has 0 unspecified atom stereocenters. The fourth-order valence-corrected chi connectivity index (χ4v) is 4.14. The zero-order valence-corrected chi connectivity index (χ0v) is 13.5. The fraction of sp³-hybridized carbons (Fsp3) is 0.312. The molecule has 1 aliphatic heterocycles. The molecule has 0 aliphatic carbocycles. The van der Waals surface area contributed by atoms with E-state index in [0.29, 0.717) is 24.7 Å². The van der Waals surface area contributed by atoms with Crippen LogP contribution in [-0.4, -0.2) is 36.9 Å². The number of pyridine rings is 1. The number of sulfonamides is 1. The van der Waals surface area contributed by atoms with E-state index in [4.69, 9.17) is 4.74 Å². The number of nitrogens with zero attached hydrogens (tertiary/aromatic N) is 2. The van der Waals surface area contributed by atoms with Crippen LogP contribution >= 0.6 is 0 Å². The summed E-state index contributed by atoms with van der Waals surface area (Å²) in [6.45, 7) is 0.425. The average Bonchev–Trinajstić information content (AvgIpc) is 2.56. The number of hydrogen-bond donors (Lipinski definition) is 0. The quantitative estimate of drug-likeness (QED) is 0.847. The maximum atomic E-state index is 13.8. The Hall–Kier alpha value is -2.06. The lowest BCUT2D eigenvalue weighted by molar-refractivity contribution is 0.134. The molecule has 0 bridgehead atoms. The van der Waals surface area contributed by atoms with Gasteiger partial charge in [-0.2, -0.15) is 4.31 Å². The van der Waals surface area contributed by atoms with Gasteiger partial charge in [-0.15, -0.1) is 0 Å². The van der Waals surface area contributed by atoms with Crippen molar-refractivity contribution < 1.29 is 21.9 Å². The highest BCUT2D eigenvalue weighted by Crippen LogP contribution is 2.25. The Kier molecular flexibility index (Phi) is 4.77. The Morgan fingerprint density at radius 2 is 1.92 bits per heavy atom. The number of halogens is 2. The van der Waals surface area contributed by atoms with Gasteiger partial charge in [0.25, 0.3) is 0 Å². The number of benzene rings is 1. The first-order chi connectivity index (χ1) is 11.5. The van der Waals surface area contributed by atoms with Gasteiger partial charge in [0.2, 0.25) is 10.0 Å². The highest BCUT2D eigenvalue weighted by Gasteiger charge is 2.32. The molecule has 5 nitrogen and oxygen atoms in total. The predicted molar refractivity (Wildman–Crippen MR) is 83.0 cm³/mol. The van der Waals surface area contributed by atoms with Crippen LogP contribution in [0.15, 0.2) is 47.6 Å². The molecule has 0 spiro atoms. The van der Waals surface area contributed by atoms with E-state index in [0.717, 1.165) is 12.1 Å². The molecular weight excluding hydrogens is 338 g/mol. The summed E-state index contributed by atoms with van der Waals surface area (Å²) < 4.78 is 58.7. The van der Waals surface area contributed by atoms with Crippen LogP contribution in [0.5, 0.6) is 5.75 Å². The van der Waals surface area contributed by atoms with Gasteiger partial charge in [-0.1, -0.05) is 0 Å². The van der Waals surface area contributed by atoms with Gasteiger partial charge in [0.15, 0.2) is 0 Å². The normalized spacial score (nSPS) is 16.9. The molecular formula is C16H16F2N2O3S. The molecule has 1 aromatic heterocycles. The lowest BCUT2D eigenvalue weighted by atomic mass is 10.1. The van der Waals surface area contributed by atoms with Crippen LogP contribution in [0, 0.1) is 11.6 Å². The maximum absolute atomic E-state index is 13.8. The SMILES string of the molecule is O=S(=O)(c1ccc(F)cc1F)N1CCC(Oc2cccnc2)CC1. The first-order valence-electron chi connectivity index (χ1n) is 7.49. The molecule has 0 N–H and O–H groups in total. The summed E-state index contributed by atoms with van der Waals surface area (Å²) in [7, 11) is -3.98. The highest BCUT2D eigenvalue weighted by atomic mass is 32.2. The van der Waals surface area contributed by atoms with Gasteiger partial charge < -0.3 is 4.74 Å². The second-order valence-corrected chi connectivity index (χ2v) is 7.39. The Balaban J connectivity index is 1.67. The average molecular weight is 354 g/mol. The van der Waals surface area contributed by atoms with Crippen molar-refractivity contribution in [3.05, 3.63) is 54.4 Å². The van der Waals surface area contributed by atoms with Crippen molar-refractivity contribution in [2.45, 2.75) is 23.8 Å². The molecule has 2 heterocycles. The summed E-state index contributed by atoms with van der Waals surface area (Å²) in [6, 6.07) is 6.01. The Morgan fingerprint density at radius 1 is 1.17 bits per heavy atom. The zero-order valence-electron chi connectivity index (χ0n) is 12.7. The second-order valence-electron chi connectivity index (χ2n) is 5.48. The monoisotopic (exact) mass is 354 g/mol. The molecule has 24 heavy (non-hydrogen) atoms. The molecule has 2 aromatic rings. The highest BCUT2D eigenvalue weighted by molar-refractivity contribution is 7.89. The lowest BCUT2D eigenvalue weighted by Crippen LogP contribution is -2.42. The van der Waals surface area contributed by atoms with Gasteiger partial charge in [0, 0.05) is 25.4 Å². The number of hydrogen-bond acceptors (Lipinski definition) is 4. The minimum atomic E-state index is -3.98. The molecule has 0 amide bonds. The van der Waals surface area contributed by atoms with Crippen LogP contribution in [0.3, 0.4) is 0 Å². The van der Waals surface area contributed by atoms with Gasteiger partial charge in [-0.25, -0.2) is 17.2 Å². The minimum Gasteiger partial charge on any atom is -0.489 e. The van der Waals surface area contributed by atoms with E-state index < -0.39 is 26.6 Å². The number of ether oxygens (including phenoxy) is 1. The topological polar surface area (TPSA) is 59.5 Å². The summed E-state index contributed by atoms with van der Waals surface area (Å²) in [6.07, 6.45) is 4.07. The Morgan fingerprint density at radius 3 is 2.54 bits per heavy atom. The molecule has 0 radical (unpaired) electrons. The standard InChI is InChI=1S/C16H16F2N2O3S/c17-12-3-4-16(15(18)10-12)24(21,22)20-8-5-13(6-9-20)23-14-2-1-7-19-11-14/h1-4,7,10-11,13H,5-6,8-9H2. The van der Waals surface area contributed by atoms with Crippen molar-refractivity contribution in [1.29, 1.82) is 0 Å². The molecule has 1 aliphatic rings. The fourth-order valence-electron chi connectivity index (χ4n) is 2.62. The van der Waals surface area contributed by atoms with E-state index in [9.17, 15) is 17.2 Å². The zero-order chi connectivity index (χ0) is 17.2. The van der Waals surface area contributed by atoms with Crippen molar-refractivity contribution >= 4 is 10.0 Å². The molecule has 1 aromatic carbocycles. The first kappa shape index (κ1) is 16.8. The van der Waals surface area contributed by atoms with Gasteiger partial charge in [0.05, 0.1) is 6.20 Å². The van der Waals surface area contributed by atoms with E-state index in [2.05, 4.69) is 4.98 Å². The van der Waals surface area contributed by atoms with E-state index in [1.54, 1.807) is 24.5 Å². The van der Waals surface area contributed by atoms with Crippen molar-refractivity contribution in [3.63, 3.8) is 0 Å². The van der Waals surface area contributed by atoms with Gasteiger partial charge in [-0.05, 0) is 37.1 Å². The molecule has 1 fully saturated rings. The summed E-state index contributed by atoms with van der Waals surface area (Å²) in [5.74, 6) is -1.26. The number of piperidine rings is 1. The predicted octanol–water partition coefficient (Wildman–Crippen LogP) is 2.59. The summed E-state index contributed by atoms with van der Waals surface area (Å²) in [5.41, 5.74) is 0. The smallest absolute Gasteiger partial charge is 0.245 e. The van der Waals surface area contributed by atoms with Crippen LogP contribution in [-0.2, 0) is 10.0 Å². The summed E-state index contributed by atoms with van der Waals surface area (Å²) >= 11 is 0. The molecule has 8 heteroatoms. The number of rotatable bonds is 4. The third kappa shape index (κ3) is 3.54. The Labute approximate surface area is 138 Å². The molecule has 3 rings (SSSR count). The van der Waals surface area contributed by atoms with Gasteiger partial charge in [-0.3, -0.25) is 4.98 Å². The largest absolute Gasteiger partial charge is 0.489 e. The van der Waals surface area contributed by atoms with Crippen LogP contribution in [0.2, 0.25) is 0 Å². The van der Waals surface area contributed by atoms with Crippen molar-refractivity contribution in [2.24, 2.45) is 0 Å². The maximum Gasteiger partial charge on any atom is 0.245 e. The lowest BCUT2D eigenvalue weighted by Gasteiger charge is -2.31. The molecule has 1 saturated heterocycles. The van der Waals surface area contributed by atoms with Crippen LogP contribution in [0.1, 0.15) is 12.8 Å². The third-order valence-corrected chi connectivity index (χ3v) is 5.78. The molecule has 128 valence electrons. The van der Waals surface area contributed by atoms with Crippen molar-refractivity contribution in [1.82, 2.24) is 9.29 Å². The van der Waals surface area contributed by atoms with Crippen LogP contribution < -0.4 is 4.74 Å². The van der Waals surface area contributed by atoms with E-state index in [1.807, 2.05) is 0 Å². The van der Waals surface area contributed by atoms with E-state index >= 15 is 0 Å². The summed E-state index contributed by atoms with van der Waals surface area (Å²) in [4.78, 5) is 3.45. The van der Waals surface area contributed by atoms with Crippen LogP contribution in [0.25, 0.3) is 0 Å². The van der Waals surface area contributed by atoms with E-state index in [1.165, 1.54) is 4.31 Å². The first-order valence-corrected chi connectivity index (χ1v) is 8.93.